The monoisotopic (exact) mass is 245 g/mol. The second-order valence-electron chi connectivity index (χ2n) is 4.90. The number of hydrogen-bond donors (Lipinski definition) is 1. The van der Waals surface area contributed by atoms with Crippen molar-refractivity contribution in [1.29, 1.82) is 0 Å². The summed E-state index contributed by atoms with van der Waals surface area (Å²) in [6.07, 6.45) is 12.3. The molecule has 3 nitrogen and oxygen atoms in total. The van der Waals surface area contributed by atoms with Crippen molar-refractivity contribution in [2.45, 2.75) is 39.7 Å². The summed E-state index contributed by atoms with van der Waals surface area (Å²) in [5.41, 5.74) is 3.85. The number of imidazole rings is 1. The maximum absolute atomic E-state index is 4.31. The molecule has 1 N–H and O–H groups in total. The molecule has 0 aliphatic heterocycles. The molecule has 1 aliphatic carbocycles. The average molecular weight is 245 g/mol. The third-order valence-corrected chi connectivity index (χ3v) is 3.50. The Morgan fingerprint density at radius 3 is 2.89 bits per heavy atom. The summed E-state index contributed by atoms with van der Waals surface area (Å²) in [7, 11) is 0. The van der Waals surface area contributed by atoms with Crippen molar-refractivity contribution in [2.75, 3.05) is 13.1 Å². The minimum Gasteiger partial charge on any atom is -0.335 e. The number of allylic oxidation sites excluding steroid dienone is 2. The summed E-state index contributed by atoms with van der Waals surface area (Å²) in [4.78, 5) is 4.31. The number of nitrogens with one attached hydrogen (secondary N) is 1. The predicted molar refractivity (Wildman–Crippen MR) is 75.6 cm³/mol. The quantitative estimate of drug-likeness (QED) is 0.781. The molecule has 3 heteroatoms. The largest absolute Gasteiger partial charge is 0.335 e. The molecule has 0 radical (unpaired) electrons. The van der Waals surface area contributed by atoms with Crippen molar-refractivity contribution in [3.8, 4) is 0 Å². The maximum atomic E-state index is 4.31. The van der Waals surface area contributed by atoms with Crippen molar-refractivity contribution in [3.63, 3.8) is 0 Å². The first-order valence-electron chi connectivity index (χ1n) is 6.82. The van der Waals surface area contributed by atoms with Crippen LogP contribution in [0.4, 0.5) is 0 Å². The van der Waals surface area contributed by atoms with Crippen LogP contribution in [0, 0.1) is 13.8 Å². The number of rotatable bonds is 6. The maximum Gasteiger partial charge on any atom is 0.0951 e. The Hall–Kier alpha value is -1.35. The van der Waals surface area contributed by atoms with Crippen LogP contribution in [-0.4, -0.2) is 22.6 Å². The van der Waals surface area contributed by atoms with Crippen molar-refractivity contribution in [2.24, 2.45) is 0 Å². The SMILES string of the molecule is Cc1ncn(CCCNCC2=CCCC=C2)c1C. The Kier molecular flexibility index (Phi) is 4.76. The van der Waals surface area contributed by atoms with E-state index < -0.39 is 0 Å². The van der Waals surface area contributed by atoms with Gasteiger partial charge in [-0.3, -0.25) is 0 Å². The molecule has 98 valence electrons. The highest BCUT2D eigenvalue weighted by Gasteiger charge is 2.01. The van der Waals surface area contributed by atoms with Gasteiger partial charge in [-0.25, -0.2) is 4.98 Å². The van der Waals surface area contributed by atoms with E-state index in [1.165, 1.54) is 24.1 Å². The Labute approximate surface area is 110 Å². The molecule has 0 spiro atoms. The lowest BCUT2D eigenvalue weighted by Gasteiger charge is -2.09. The average Bonchev–Trinajstić information content (AvgIpc) is 2.71. The van der Waals surface area contributed by atoms with Crippen LogP contribution in [0.2, 0.25) is 0 Å². The molecule has 0 saturated heterocycles. The normalized spacial score (nSPS) is 14.9. The molecule has 0 fully saturated rings. The van der Waals surface area contributed by atoms with Crippen molar-refractivity contribution in [1.82, 2.24) is 14.9 Å². The van der Waals surface area contributed by atoms with E-state index in [1.807, 2.05) is 6.33 Å². The molecule has 0 bridgehead atoms. The lowest BCUT2D eigenvalue weighted by molar-refractivity contribution is 0.588. The van der Waals surface area contributed by atoms with Crippen molar-refractivity contribution in [3.05, 3.63) is 41.5 Å². The fourth-order valence-corrected chi connectivity index (χ4v) is 2.18. The second kappa shape index (κ2) is 6.55. The molecular formula is C15H23N3. The molecule has 2 rings (SSSR count). The van der Waals surface area contributed by atoms with Crippen LogP contribution in [0.5, 0.6) is 0 Å². The van der Waals surface area contributed by atoms with Gasteiger partial charge in [0, 0.05) is 18.8 Å². The van der Waals surface area contributed by atoms with Gasteiger partial charge in [0.25, 0.3) is 0 Å². The number of aryl methyl sites for hydroxylation is 2. The van der Waals surface area contributed by atoms with Gasteiger partial charge in [0.05, 0.1) is 12.0 Å². The van der Waals surface area contributed by atoms with Crippen LogP contribution in [0.15, 0.2) is 30.1 Å². The summed E-state index contributed by atoms with van der Waals surface area (Å²) in [5.74, 6) is 0. The van der Waals surface area contributed by atoms with Gasteiger partial charge in [-0.1, -0.05) is 18.2 Å². The van der Waals surface area contributed by atoms with E-state index in [1.54, 1.807) is 0 Å². The highest BCUT2D eigenvalue weighted by atomic mass is 15.1. The van der Waals surface area contributed by atoms with E-state index >= 15 is 0 Å². The minimum absolute atomic E-state index is 0.998. The van der Waals surface area contributed by atoms with E-state index in [2.05, 4.69) is 46.9 Å². The summed E-state index contributed by atoms with van der Waals surface area (Å²) < 4.78 is 2.23. The lowest BCUT2D eigenvalue weighted by Crippen LogP contribution is -2.19. The predicted octanol–water partition coefficient (Wildman–Crippen LogP) is 2.76. The molecule has 0 amide bonds. The Morgan fingerprint density at radius 1 is 1.33 bits per heavy atom. The molecule has 0 saturated carbocycles. The van der Waals surface area contributed by atoms with Crippen LogP contribution in [0.3, 0.4) is 0 Å². The first-order chi connectivity index (χ1) is 8.77. The highest BCUT2D eigenvalue weighted by Crippen LogP contribution is 2.08. The third kappa shape index (κ3) is 3.57. The molecule has 0 aromatic carbocycles. The van der Waals surface area contributed by atoms with Crippen LogP contribution >= 0.6 is 0 Å². The first-order valence-corrected chi connectivity index (χ1v) is 6.82. The van der Waals surface area contributed by atoms with E-state index in [4.69, 9.17) is 0 Å². The zero-order valence-electron chi connectivity index (χ0n) is 11.4. The first kappa shape index (κ1) is 13.1. The van der Waals surface area contributed by atoms with Gasteiger partial charge in [-0.15, -0.1) is 0 Å². The summed E-state index contributed by atoms with van der Waals surface area (Å²) >= 11 is 0. The smallest absolute Gasteiger partial charge is 0.0951 e. The standard InChI is InChI=1S/C15H23N3/c1-13-14(2)18(12-17-13)10-6-9-16-11-15-7-4-3-5-8-15/h4,7-8,12,16H,3,5-6,9-11H2,1-2H3. The fourth-order valence-electron chi connectivity index (χ4n) is 2.18. The molecule has 1 aliphatic rings. The minimum atomic E-state index is 0.998. The lowest BCUT2D eigenvalue weighted by atomic mass is 10.1. The summed E-state index contributed by atoms with van der Waals surface area (Å²) in [6, 6.07) is 0. The Balaban J connectivity index is 1.63. The zero-order chi connectivity index (χ0) is 12.8. The van der Waals surface area contributed by atoms with Crippen LogP contribution < -0.4 is 5.32 Å². The van der Waals surface area contributed by atoms with Crippen LogP contribution in [0.25, 0.3) is 0 Å². The van der Waals surface area contributed by atoms with Crippen LogP contribution in [-0.2, 0) is 6.54 Å². The van der Waals surface area contributed by atoms with E-state index in [0.717, 1.165) is 31.7 Å². The van der Waals surface area contributed by atoms with Gasteiger partial charge in [-0.05, 0) is 45.2 Å². The summed E-state index contributed by atoms with van der Waals surface area (Å²) in [5, 5.41) is 3.50. The zero-order valence-corrected chi connectivity index (χ0v) is 11.4. The molecule has 0 atom stereocenters. The Morgan fingerprint density at radius 2 is 2.22 bits per heavy atom. The molecular weight excluding hydrogens is 222 g/mol. The van der Waals surface area contributed by atoms with Gasteiger partial charge in [0.2, 0.25) is 0 Å². The second-order valence-corrected chi connectivity index (χ2v) is 4.90. The van der Waals surface area contributed by atoms with Crippen molar-refractivity contribution >= 4 is 0 Å². The highest BCUT2D eigenvalue weighted by molar-refractivity contribution is 5.23. The molecule has 0 unspecified atom stereocenters. The van der Waals surface area contributed by atoms with Gasteiger partial charge >= 0.3 is 0 Å². The third-order valence-electron chi connectivity index (χ3n) is 3.50. The van der Waals surface area contributed by atoms with Gasteiger partial charge in [0.15, 0.2) is 0 Å². The fraction of sp³-hybridized carbons (Fsp3) is 0.533. The van der Waals surface area contributed by atoms with E-state index in [-0.39, 0.29) is 0 Å². The van der Waals surface area contributed by atoms with E-state index in [9.17, 15) is 0 Å². The van der Waals surface area contributed by atoms with Crippen LogP contribution in [0.1, 0.15) is 30.7 Å². The topological polar surface area (TPSA) is 29.9 Å². The Bertz CT molecular complexity index is 441. The molecule has 18 heavy (non-hydrogen) atoms. The number of hydrogen-bond acceptors (Lipinski definition) is 2. The van der Waals surface area contributed by atoms with Crippen molar-refractivity contribution < 1.29 is 0 Å². The molecule has 1 aromatic rings. The summed E-state index contributed by atoms with van der Waals surface area (Å²) in [6.45, 7) is 7.30. The van der Waals surface area contributed by atoms with Gasteiger partial charge in [-0.2, -0.15) is 0 Å². The van der Waals surface area contributed by atoms with E-state index in [0.29, 0.717) is 0 Å². The number of aromatic nitrogens is 2. The van der Waals surface area contributed by atoms with Gasteiger partial charge < -0.3 is 9.88 Å². The number of nitrogens with zero attached hydrogens (tertiary/aromatic N) is 2. The van der Waals surface area contributed by atoms with Gasteiger partial charge in [0.1, 0.15) is 0 Å². The molecule has 1 heterocycles. The molecule has 1 aromatic heterocycles.